The minimum atomic E-state index is 0.536. The fourth-order valence-corrected chi connectivity index (χ4v) is 1.55. The molecule has 0 saturated carbocycles. The molecule has 15 heavy (non-hydrogen) atoms. The van der Waals surface area contributed by atoms with Gasteiger partial charge in [0, 0.05) is 11.4 Å². The van der Waals surface area contributed by atoms with Crippen molar-refractivity contribution in [3.63, 3.8) is 0 Å². The Bertz CT molecular complexity index is 271. The van der Waals surface area contributed by atoms with Crippen LogP contribution in [-0.2, 0) is 6.42 Å². The Balaban J connectivity index is 2.25. The number of methoxy groups -OCH3 is 1. The predicted octanol–water partition coefficient (Wildman–Crippen LogP) is 2.61. The zero-order chi connectivity index (χ0) is 11.1. The van der Waals surface area contributed by atoms with Crippen molar-refractivity contribution in [2.24, 2.45) is 0 Å². The summed E-state index contributed by atoms with van der Waals surface area (Å²) in [6, 6.07) is 8.22. The van der Waals surface area contributed by atoms with Crippen LogP contribution < -0.4 is 10.1 Å². The van der Waals surface area contributed by atoms with E-state index in [-0.39, 0.29) is 0 Å². The van der Waals surface area contributed by atoms with Crippen LogP contribution in [0.4, 0.5) is 0 Å². The first-order chi connectivity index (χ1) is 7.22. The number of halogens is 1. The summed E-state index contributed by atoms with van der Waals surface area (Å²) in [6.07, 6.45) is 1.06. The van der Waals surface area contributed by atoms with Crippen LogP contribution in [0.15, 0.2) is 24.3 Å². The van der Waals surface area contributed by atoms with Gasteiger partial charge in [-0.3, -0.25) is 0 Å². The summed E-state index contributed by atoms with van der Waals surface area (Å²) in [5.74, 6) is 0.917. The number of ether oxygens (including phenoxy) is 1. The van der Waals surface area contributed by atoms with Gasteiger partial charge in [0.25, 0.3) is 0 Å². The van der Waals surface area contributed by atoms with Crippen molar-refractivity contribution in [3.8, 4) is 5.75 Å². The average molecular weight is 272 g/mol. The molecule has 0 heterocycles. The van der Waals surface area contributed by atoms with Gasteiger partial charge in [0.05, 0.1) is 7.11 Å². The molecule has 0 aromatic heterocycles. The van der Waals surface area contributed by atoms with E-state index < -0.39 is 0 Å². The van der Waals surface area contributed by atoms with Gasteiger partial charge >= 0.3 is 0 Å². The normalized spacial score (nSPS) is 12.5. The molecule has 0 spiro atoms. The van der Waals surface area contributed by atoms with Gasteiger partial charge in [0.15, 0.2) is 0 Å². The Labute approximate surface area is 100 Å². The molecule has 84 valence electrons. The van der Waals surface area contributed by atoms with E-state index in [1.54, 1.807) is 7.11 Å². The first-order valence-electron chi connectivity index (χ1n) is 5.20. The van der Waals surface area contributed by atoms with E-state index in [0.717, 1.165) is 25.3 Å². The van der Waals surface area contributed by atoms with Crippen LogP contribution in [0, 0.1) is 0 Å². The number of hydrogen-bond donors (Lipinski definition) is 1. The van der Waals surface area contributed by atoms with E-state index in [2.05, 4.69) is 40.3 Å². The van der Waals surface area contributed by atoms with Gasteiger partial charge in [-0.1, -0.05) is 35.0 Å². The second kappa shape index (κ2) is 6.85. The summed E-state index contributed by atoms with van der Waals surface area (Å²) >= 11 is 3.50. The molecular formula is C12H18BrNO. The summed E-state index contributed by atoms with van der Waals surface area (Å²) in [7, 11) is 1.69. The van der Waals surface area contributed by atoms with Crippen LogP contribution >= 0.6 is 15.9 Å². The smallest absolute Gasteiger partial charge is 0.118 e. The third-order valence-corrected chi connectivity index (χ3v) is 2.50. The Morgan fingerprint density at radius 1 is 1.33 bits per heavy atom. The molecule has 0 aliphatic carbocycles. The molecule has 1 aromatic rings. The molecule has 0 fully saturated rings. The number of benzene rings is 1. The molecule has 0 aliphatic heterocycles. The molecule has 0 aliphatic rings. The summed E-state index contributed by atoms with van der Waals surface area (Å²) in [5.41, 5.74) is 1.34. The number of nitrogens with one attached hydrogen (secondary N) is 1. The van der Waals surface area contributed by atoms with Crippen molar-refractivity contribution < 1.29 is 4.74 Å². The molecule has 2 nitrogen and oxygen atoms in total. The zero-order valence-electron chi connectivity index (χ0n) is 9.29. The highest BCUT2D eigenvalue weighted by molar-refractivity contribution is 9.09. The first-order valence-corrected chi connectivity index (χ1v) is 6.11. The van der Waals surface area contributed by atoms with Crippen LogP contribution in [0.2, 0.25) is 0 Å². The highest BCUT2D eigenvalue weighted by Gasteiger charge is 1.96. The van der Waals surface area contributed by atoms with Crippen LogP contribution in [0.3, 0.4) is 0 Å². The van der Waals surface area contributed by atoms with Crippen molar-refractivity contribution in [1.29, 1.82) is 0 Å². The molecule has 1 aromatic carbocycles. The number of hydrogen-bond acceptors (Lipinski definition) is 2. The van der Waals surface area contributed by atoms with Gasteiger partial charge in [0.1, 0.15) is 5.75 Å². The monoisotopic (exact) mass is 271 g/mol. The summed E-state index contributed by atoms with van der Waals surface area (Å²) < 4.78 is 5.10. The Morgan fingerprint density at radius 2 is 2.00 bits per heavy atom. The molecule has 1 rings (SSSR count). The van der Waals surface area contributed by atoms with Gasteiger partial charge < -0.3 is 10.1 Å². The quantitative estimate of drug-likeness (QED) is 0.635. The average Bonchev–Trinajstić information content (AvgIpc) is 2.25. The minimum Gasteiger partial charge on any atom is -0.497 e. The van der Waals surface area contributed by atoms with E-state index in [1.807, 2.05) is 12.1 Å². The maximum Gasteiger partial charge on any atom is 0.118 e. The fraction of sp³-hybridized carbons (Fsp3) is 0.500. The van der Waals surface area contributed by atoms with E-state index in [0.29, 0.717) is 4.83 Å². The second-order valence-electron chi connectivity index (χ2n) is 3.58. The van der Waals surface area contributed by atoms with E-state index in [4.69, 9.17) is 4.74 Å². The fourth-order valence-electron chi connectivity index (χ4n) is 1.33. The van der Waals surface area contributed by atoms with E-state index in [9.17, 15) is 0 Å². The number of rotatable bonds is 6. The zero-order valence-corrected chi connectivity index (χ0v) is 10.9. The molecule has 1 N–H and O–H groups in total. The Kier molecular flexibility index (Phi) is 5.73. The second-order valence-corrected chi connectivity index (χ2v) is 5.15. The lowest BCUT2D eigenvalue weighted by atomic mass is 10.1. The topological polar surface area (TPSA) is 21.3 Å². The third kappa shape index (κ3) is 5.19. The molecular weight excluding hydrogens is 254 g/mol. The minimum absolute atomic E-state index is 0.536. The van der Waals surface area contributed by atoms with Crippen LogP contribution in [-0.4, -0.2) is 25.0 Å². The standard InChI is InChI=1S/C12H18BrNO/c1-10(13)9-14-8-7-11-3-5-12(15-2)6-4-11/h3-6,10,14H,7-9H2,1-2H3. The van der Waals surface area contributed by atoms with Crippen LogP contribution in [0.25, 0.3) is 0 Å². The number of alkyl halides is 1. The van der Waals surface area contributed by atoms with Gasteiger partial charge in [-0.15, -0.1) is 0 Å². The molecule has 0 amide bonds. The summed E-state index contributed by atoms with van der Waals surface area (Å²) in [6.45, 7) is 4.17. The van der Waals surface area contributed by atoms with E-state index in [1.165, 1.54) is 5.56 Å². The highest BCUT2D eigenvalue weighted by atomic mass is 79.9. The maximum atomic E-state index is 5.10. The van der Waals surface area contributed by atoms with Gasteiger partial charge in [-0.05, 0) is 30.7 Å². The molecule has 0 saturated heterocycles. The van der Waals surface area contributed by atoms with Crippen LogP contribution in [0.5, 0.6) is 5.75 Å². The molecule has 1 unspecified atom stereocenters. The molecule has 3 heteroatoms. The SMILES string of the molecule is COc1ccc(CCNCC(C)Br)cc1. The predicted molar refractivity (Wildman–Crippen MR) is 68.0 cm³/mol. The highest BCUT2D eigenvalue weighted by Crippen LogP contribution is 2.11. The maximum absolute atomic E-state index is 5.10. The van der Waals surface area contributed by atoms with Gasteiger partial charge in [-0.2, -0.15) is 0 Å². The van der Waals surface area contributed by atoms with Crippen molar-refractivity contribution in [2.75, 3.05) is 20.2 Å². The molecule has 0 bridgehead atoms. The summed E-state index contributed by atoms with van der Waals surface area (Å²) in [5, 5.41) is 3.38. The summed E-state index contributed by atoms with van der Waals surface area (Å²) in [4.78, 5) is 0.536. The first kappa shape index (κ1) is 12.5. The van der Waals surface area contributed by atoms with Crippen molar-refractivity contribution in [2.45, 2.75) is 18.2 Å². The van der Waals surface area contributed by atoms with Gasteiger partial charge in [0.2, 0.25) is 0 Å². The Hall–Kier alpha value is -0.540. The van der Waals surface area contributed by atoms with Crippen molar-refractivity contribution >= 4 is 15.9 Å². The van der Waals surface area contributed by atoms with Crippen LogP contribution in [0.1, 0.15) is 12.5 Å². The molecule has 1 atom stereocenters. The van der Waals surface area contributed by atoms with E-state index >= 15 is 0 Å². The lowest BCUT2D eigenvalue weighted by Crippen LogP contribution is -2.23. The van der Waals surface area contributed by atoms with Gasteiger partial charge in [-0.25, -0.2) is 0 Å². The largest absolute Gasteiger partial charge is 0.497 e. The lowest BCUT2D eigenvalue weighted by Gasteiger charge is -2.06. The van der Waals surface area contributed by atoms with Crippen molar-refractivity contribution in [3.05, 3.63) is 29.8 Å². The third-order valence-electron chi connectivity index (χ3n) is 2.18. The Morgan fingerprint density at radius 3 is 2.53 bits per heavy atom. The lowest BCUT2D eigenvalue weighted by molar-refractivity contribution is 0.414. The molecule has 0 radical (unpaired) electrons. The van der Waals surface area contributed by atoms with Crippen molar-refractivity contribution in [1.82, 2.24) is 5.32 Å².